The van der Waals surface area contributed by atoms with Crippen LogP contribution in [0.15, 0.2) is 0 Å². The zero-order valence-electron chi connectivity index (χ0n) is 12.8. The number of hydrogen-bond acceptors (Lipinski definition) is 2. The summed E-state index contributed by atoms with van der Waals surface area (Å²) in [4.78, 5) is 14.1. The van der Waals surface area contributed by atoms with Gasteiger partial charge in [-0.15, -0.1) is 0 Å². The summed E-state index contributed by atoms with van der Waals surface area (Å²) in [6.45, 7) is 14.0. The number of nitrogens with zero attached hydrogens (tertiary/aromatic N) is 1. The first kappa shape index (κ1) is 15.5. The fraction of sp³-hybridized carbons (Fsp3) is 0.933. The van der Waals surface area contributed by atoms with Crippen LogP contribution in [0.4, 0.5) is 0 Å². The smallest absolute Gasteiger partial charge is 0.222 e. The van der Waals surface area contributed by atoms with E-state index < -0.39 is 0 Å². The van der Waals surface area contributed by atoms with Gasteiger partial charge in [-0.2, -0.15) is 0 Å². The summed E-state index contributed by atoms with van der Waals surface area (Å²) >= 11 is 0. The minimum Gasteiger partial charge on any atom is -0.342 e. The predicted octanol–water partition coefficient (Wildman–Crippen LogP) is 2.66. The van der Waals surface area contributed by atoms with Gasteiger partial charge in [-0.05, 0) is 30.7 Å². The van der Waals surface area contributed by atoms with Gasteiger partial charge in [0, 0.05) is 25.6 Å². The van der Waals surface area contributed by atoms with Gasteiger partial charge in [0.1, 0.15) is 0 Å². The molecule has 0 aromatic carbocycles. The Bertz CT molecular complexity index is 268. The van der Waals surface area contributed by atoms with Crippen molar-refractivity contribution in [3.05, 3.63) is 0 Å². The molecule has 18 heavy (non-hydrogen) atoms. The van der Waals surface area contributed by atoms with E-state index >= 15 is 0 Å². The Morgan fingerprint density at radius 1 is 1.39 bits per heavy atom. The second-order valence-electron chi connectivity index (χ2n) is 6.90. The third-order valence-corrected chi connectivity index (χ3v) is 3.89. The molecule has 0 spiro atoms. The van der Waals surface area contributed by atoms with Crippen molar-refractivity contribution in [2.75, 3.05) is 19.6 Å². The highest BCUT2D eigenvalue weighted by atomic mass is 16.2. The van der Waals surface area contributed by atoms with Crippen LogP contribution in [0, 0.1) is 11.3 Å². The summed E-state index contributed by atoms with van der Waals surface area (Å²) in [7, 11) is 0. The van der Waals surface area contributed by atoms with Crippen LogP contribution in [0.1, 0.15) is 53.9 Å². The van der Waals surface area contributed by atoms with Gasteiger partial charge in [0.25, 0.3) is 0 Å². The standard InChI is InChI=1S/C15H30N2O/c1-12(2)16-9-6-7-14(18)17-10-8-13(11-17)15(3,4)5/h12-13,16H,6-11H2,1-5H3. The maximum absolute atomic E-state index is 12.1. The first-order valence-corrected chi connectivity index (χ1v) is 7.32. The van der Waals surface area contributed by atoms with Gasteiger partial charge in [0.2, 0.25) is 5.91 Å². The number of carbonyl (C=O) groups is 1. The van der Waals surface area contributed by atoms with Crippen molar-refractivity contribution in [3.63, 3.8) is 0 Å². The van der Waals surface area contributed by atoms with Crippen molar-refractivity contribution in [2.24, 2.45) is 11.3 Å². The second-order valence-corrected chi connectivity index (χ2v) is 6.90. The quantitative estimate of drug-likeness (QED) is 0.765. The maximum atomic E-state index is 12.1. The zero-order chi connectivity index (χ0) is 13.8. The summed E-state index contributed by atoms with van der Waals surface area (Å²) in [5, 5.41) is 3.35. The number of nitrogens with one attached hydrogen (secondary N) is 1. The fourth-order valence-corrected chi connectivity index (χ4v) is 2.48. The molecule has 1 unspecified atom stereocenters. The van der Waals surface area contributed by atoms with E-state index in [0.29, 0.717) is 29.7 Å². The fourth-order valence-electron chi connectivity index (χ4n) is 2.48. The van der Waals surface area contributed by atoms with Crippen LogP contribution >= 0.6 is 0 Å². The topological polar surface area (TPSA) is 32.3 Å². The first-order chi connectivity index (χ1) is 8.30. The molecule has 1 aliphatic rings. The molecular weight excluding hydrogens is 224 g/mol. The van der Waals surface area contributed by atoms with Crippen molar-refractivity contribution in [1.82, 2.24) is 10.2 Å². The van der Waals surface area contributed by atoms with Crippen LogP contribution < -0.4 is 5.32 Å². The van der Waals surface area contributed by atoms with Crippen LogP contribution in [0.2, 0.25) is 0 Å². The van der Waals surface area contributed by atoms with E-state index in [1.807, 2.05) is 0 Å². The zero-order valence-corrected chi connectivity index (χ0v) is 12.8. The van der Waals surface area contributed by atoms with Crippen molar-refractivity contribution >= 4 is 5.91 Å². The van der Waals surface area contributed by atoms with Gasteiger partial charge in [-0.25, -0.2) is 0 Å². The summed E-state index contributed by atoms with van der Waals surface area (Å²) in [5.74, 6) is 1.00. The lowest BCUT2D eigenvalue weighted by atomic mass is 9.80. The molecule has 1 aliphatic heterocycles. The van der Waals surface area contributed by atoms with Crippen molar-refractivity contribution in [3.8, 4) is 0 Å². The number of amides is 1. The highest BCUT2D eigenvalue weighted by Gasteiger charge is 2.33. The van der Waals surface area contributed by atoms with Crippen LogP contribution in [0.3, 0.4) is 0 Å². The van der Waals surface area contributed by atoms with Crippen LogP contribution in [-0.2, 0) is 4.79 Å². The monoisotopic (exact) mass is 254 g/mol. The Balaban J connectivity index is 2.24. The van der Waals surface area contributed by atoms with Crippen LogP contribution in [0.5, 0.6) is 0 Å². The molecule has 106 valence electrons. The highest BCUT2D eigenvalue weighted by Crippen LogP contribution is 2.33. The second kappa shape index (κ2) is 6.55. The molecule has 0 aromatic heterocycles. The minimum atomic E-state index is 0.328. The third-order valence-electron chi connectivity index (χ3n) is 3.89. The molecule has 1 atom stereocenters. The Morgan fingerprint density at radius 2 is 2.06 bits per heavy atom. The number of hydrogen-bond donors (Lipinski definition) is 1. The lowest BCUT2D eigenvalue weighted by Crippen LogP contribution is -2.32. The number of rotatable bonds is 5. The molecule has 0 saturated carbocycles. The van der Waals surface area contributed by atoms with Crippen molar-refractivity contribution in [2.45, 2.75) is 59.9 Å². The third kappa shape index (κ3) is 4.97. The maximum Gasteiger partial charge on any atom is 0.222 e. The number of likely N-dealkylation sites (tertiary alicyclic amines) is 1. The Kier molecular flexibility index (Phi) is 5.64. The molecule has 3 heteroatoms. The lowest BCUT2D eigenvalue weighted by molar-refractivity contribution is -0.130. The molecule has 0 aromatic rings. The number of carbonyl (C=O) groups excluding carboxylic acids is 1. The van der Waals surface area contributed by atoms with E-state index in [1.54, 1.807) is 0 Å². The minimum absolute atomic E-state index is 0.328. The van der Waals surface area contributed by atoms with Crippen molar-refractivity contribution < 1.29 is 4.79 Å². The van der Waals surface area contributed by atoms with Gasteiger partial charge in [0.05, 0.1) is 0 Å². The molecule has 1 N–H and O–H groups in total. The molecule has 0 radical (unpaired) electrons. The summed E-state index contributed by atoms with van der Waals surface area (Å²) in [6.07, 6.45) is 2.81. The molecule has 1 saturated heterocycles. The molecule has 0 bridgehead atoms. The van der Waals surface area contributed by atoms with E-state index in [2.05, 4.69) is 44.8 Å². The SMILES string of the molecule is CC(C)NCCCC(=O)N1CCC(C(C)(C)C)C1. The average molecular weight is 254 g/mol. The molecule has 1 heterocycles. The summed E-state index contributed by atoms with van der Waals surface area (Å²) < 4.78 is 0. The van der Waals surface area contributed by atoms with E-state index in [0.717, 1.165) is 26.1 Å². The summed E-state index contributed by atoms with van der Waals surface area (Å²) in [6, 6.07) is 0.511. The highest BCUT2D eigenvalue weighted by molar-refractivity contribution is 5.76. The van der Waals surface area contributed by atoms with Gasteiger partial charge < -0.3 is 10.2 Å². The molecule has 3 nitrogen and oxygen atoms in total. The van der Waals surface area contributed by atoms with Crippen LogP contribution in [0.25, 0.3) is 0 Å². The van der Waals surface area contributed by atoms with Gasteiger partial charge in [-0.3, -0.25) is 4.79 Å². The normalized spacial score (nSPS) is 20.8. The van der Waals surface area contributed by atoms with Gasteiger partial charge in [-0.1, -0.05) is 34.6 Å². The Hall–Kier alpha value is -0.570. The molecule has 0 aliphatic carbocycles. The largest absolute Gasteiger partial charge is 0.342 e. The van der Waals surface area contributed by atoms with Crippen molar-refractivity contribution in [1.29, 1.82) is 0 Å². The predicted molar refractivity (Wildman–Crippen MR) is 76.5 cm³/mol. The molecule has 1 fully saturated rings. The van der Waals surface area contributed by atoms with Gasteiger partial charge in [0.15, 0.2) is 0 Å². The van der Waals surface area contributed by atoms with E-state index in [9.17, 15) is 4.79 Å². The molecular formula is C15H30N2O. The van der Waals surface area contributed by atoms with Gasteiger partial charge >= 0.3 is 0 Å². The molecule has 1 rings (SSSR count). The van der Waals surface area contributed by atoms with E-state index in [1.165, 1.54) is 6.42 Å². The first-order valence-electron chi connectivity index (χ1n) is 7.32. The summed E-state index contributed by atoms with van der Waals surface area (Å²) in [5.41, 5.74) is 0.328. The Labute approximate surface area is 112 Å². The van der Waals surface area contributed by atoms with Crippen LogP contribution in [-0.4, -0.2) is 36.5 Å². The lowest BCUT2D eigenvalue weighted by Gasteiger charge is -2.27. The molecule has 1 amide bonds. The van der Waals surface area contributed by atoms with E-state index in [4.69, 9.17) is 0 Å². The van der Waals surface area contributed by atoms with E-state index in [-0.39, 0.29) is 0 Å². The Morgan fingerprint density at radius 3 is 2.56 bits per heavy atom. The average Bonchev–Trinajstić information content (AvgIpc) is 2.72.